The minimum Gasteiger partial charge on any atom is -0.367 e. The summed E-state index contributed by atoms with van der Waals surface area (Å²) >= 11 is 1.66. The molecule has 2 heterocycles. The van der Waals surface area contributed by atoms with Crippen LogP contribution in [0.3, 0.4) is 0 Å². The Morgan fingerprint density at radius 1 is 1.42 bits per heavy atom. The highest BCUT2D eigenvalue weighted by Crippen LogP contribution is 2.33. The number of thiophene rings is 1. The van der Waals surface area contributed by atoms with E-state index in [1.165, 1.54) is 27.9 Å². The molecule has 0 aromatic carbocycles. The number of hydrogen-bond donors (Lipinski definition) is 0. The molecule has 0 unspecified atom stereocenters. The Hall–Kier alpha value is -1.69. The highest BCUT2D eigenvalue weighted by molar-refractivity contribution is 7.18. The highest BCUT2D eigenvalue weighted by Gasteiger charge is 2.19. The van der Waals surface area contributed by atoms with E-state index in [4.69, 9.17) is 0 Å². The van der Waals surface area contributed by atoms with E-state index < -0.39 is 0 Å². The summed E-state index contributed by atoms with van der Waals surface area (Å²) in [5, 5.41) is 4.91. The van der Waals surface area contributed by atoms with Gasteiger partial charge in [0.1, 0.15) is 17.5 Å². The predicted molar refractivity (Wildman–Crippen MR) is 78.1 cm³/mol. The van der Waals surface area contributed by atoms with Gasteiger partial charge in [-0.3, -0.25) is 4.79 Å². The second-order valence-electron chi connectivity index (χ2n) is 4.98. The maximum Gasteiger partial charge on any atom is 0.283 e. The van der Waals surface area contributed by atoms with E-state index in [1.54, 1.807) is 22.6 Å². The highest BCUT2D eigenvalue weighted by atomic mass is 32.1. The van der Waals surface area contributed by atoms with Crippen molar-refractivity contribution >= 4 is 27.9 Å². The van der Waals surface area contributed by atoms with Crippen molar-refractivity contribution in [2.75, 3.05) is 14.1 Å². The van der Waals surface area contributed by atoms with E-state index >= 15 is 0 Å². The molecule has 2 aromatic heterocycles. The molecule has 0 radical (unpaired) electrons. The van der Waals surface area contributed by atoms with Crippen LogP contribution in [-0.2, 0) is 12.8 Å². The minimum absolute atomic E-state index is 0.0532. The molecule has 100 valence electrons. The molecule has 2 aromatic rings. The van der Waals surface area contributed by atoms with Gasteiger partial charge in [-0.15, -0.1) is 11.3 Å². The van der Waals surface area contributed by atoms with Gasteiger partial charge in [0.15, 0.2) is 0 Å². The topological polar surface area (TPSA) is 50.5 Å². The molecule has 5 nitrogen and oxygen atoms in total. The van der Waals surface area contributed by atoms with Crippen LogP contribution in [-0.4, -0.2) is 35.0 Å². The van der Waals surface area contributed by atoms with Crippen LogP contribution in [0.15, 0.2) is 16.2 Å². The van der Waals surface area contributed by atoms with Gasteiger partial charge in [-0.25, -0.2) is 4.98 Å². The van der Waals surface area contributed by atoms with Crippen LogP contribution < -0.4 is 5.56 Å². The maximum atomic E-state index is 12.5. The quantitative estimate of drug-likeness (QED) is 0.619. The molecule has 0 aliphatic heterocycles. The summed E-state index contributed by atoms with van der Waals surface area (Å²) in [6, 6.07) is 0. The molecule has 3 rings (SSSR count). The summed E-state index contributed by atoms with van der Waals surface area (Å²) in [4.78, 5) is 20.8. The van der Waals surface area contributed by atoms with Crippen molar-refractivity contribution in [1.29, 1.82) is 0 Å². The zero-order chi connectivity index (χ0) is 13.4. The van der Waals surface area contributed by atoms with Gasteiger partial charge in [0.2, 0.25) is 0 Å². The van der Waals surface area contributed by atoms with Crippen LogP contribution in [0.4, 0.5) is 0 Å². The summed E-state index contributed by atoms with van der Waals surface area (Å²) in [5.41, 5.74) is 1.15. The summed E-state index contributed by atoms with van der Waals surface area (Å²) in [6.45, 7) is 0. The number of hydrogen-bond acceptors (Lipinski definition) is 4. The van der Waals surface area contributed by atoms with Crippen LogP contribution in [0.2, 0.25) is 0 Å². The van der Waals surface area contributed by atoms with E-state index in [-0.39, 0.29) is 5.56 Å². The van der Waals surface area contributed by atoms with E-state index in [2.05, 4.69) is 10.1 Å². The lowest BCUT2D eigenvalue weighted by Crippen LogP contribution is -2.19. The first kappa shape index (κ1) is 12.3. The Labute approximate surface area is 115 Å². The van der Waals surface area contributed by atoms with Crippen LogP contribution in [0.5, 0.6) is 0 Å². The fourth-order valence-corrected chi connectivity index (χ4v) is 3.60. The Morgan fingerprint density at radius 3 is 3.00 bits per heavy atom. The van der Waals surface area contributed by atoms with Crippen molar-refractivity contribution in [1.82, 2.24) is 14.6 Å². The Bertz CT molecular complexity index is 698. The number of nitrogens with zero attached hydrogens (tertiary/aromatic N) is 4. The van der Waals surface area contributed by atoms with Crippen LogP contribution >= 0.6 is 11.3 Å². The molecule has 1 aliphatic rings. The van der Waals surface area contributed by atoms with Crippen LogP contribution in [0.1, 0.15) is 23.3 Å². The first-order valence-corrected chi connectivity index (χ1v) is 7.21. The van der Waals surface area contributed by atoms with E-state index in [0.29, 0.717) is 0 Å². The molecule has 0 saturated heterocycles. The minimum atomic E-state index is -0.0532. The third kappa shape index (κ3) is 2.16. The number of aromatic nitrogens is 2. The molecule has 1 aliphatic carbocycles. The molecule has 0 atom stereocenters. The summed E-state index contributed by atoms with van der Waals surface area (Å²) in [7, 11) is 3.74. The van der Waals surface area contributed by atoms with Gasteiger partial charge in [-0.05, 0) is 31.2 Å². The van der Waals surface area contributed by atoms with Crippen molar-refractivity contribution in [3.63, 3.8) is 0 Å². The second kappa shape index (κ2) is 4.77. The SMILES string of the molecule is CN(C)/C=N/n1cnc2sc3c(c2c1=O)CCCC3. The van der Waals surface area contributed by atoms with E-state index in [9.17, 15) is 4.79 Å². The van der Waals surface area contributed by atoms with Crippen LogP contribution in [0, 0.1) is 0 Å². The van der Waals surface area contributed by atoms with Gasteiger partial charge in [0, 0.05) is 19.0 Å². The maximum absolute atomic E-state index is 12.5. The molecule has 0 N–H and O–H groups in total. The van der Waals surface area contributed by atoms with Gasteiger partial charge in [0.25, 0.3) is 5.56 Å². The zero-order valence-corrected chi connectivity index (χ0v) is 11.9. The molecular formula is C13H16N4OS. The molecule has 0 fully saturated rings. The second-order valence-corrected chi connectivity index (χ2v) is 6.06. The lowest BCUT2D eigenvalue weighted by Gasteiger charge is -2.09. The molecule has 0 saturated carbocycles. The molecular weight excluding hydrogens is 260 g/mol. The average Bonchev–Trinajstić information content (AvgIpc) is 2.76. The normalized spacial score (nSPS) is 15.1. The third-order valence-electron chi connectivity index (χ3n) is 3.27. The summed E-state index contributed by atoms with van der Waals surface area (Å²) < 4.78 is 1.32. The zero-order valence-electron chi connectivity index (χ0n) is 11.1. The number of fused-ring (bicyclic) bond motifs is 3. The fourth-order valence-electron chi connectivity index (χ4n) is 2.38. The van der Waals surface area contributed by atoms with Crippen molar-refractivity contribution in [2.24, 2.45) is 5.10 Å². The number of aryl methyl sites for hydroxylation is 2. The van der Waals surface area contributed by atoms with Crippen molar-refractivity contribution < 1.29 is 0 Å². The average molecular weight is 276 g/mol. The predicted octanol–water partition coefficient (Wildman–Crippen LogP) is 1.69. The standard InChI is InChI=1S/C13H16N4OS/c1-16(2)8-15-17-7-14-12-11(13(17)18)9-5-3-4-6-10(9)19-12/h7-8H,3-6H2,1-2H3/b15-8+. The van der Waals surface area contributed by atoms with E-state index in [0.717, 1.165) is 29.5 Å². The van der Waals surface area contributed by atoms with Crippen molar-refractivity contribution in [2.45, 2.75) is 25.7 Å². The Balaban J connectivity index is 2.18. The summed E-state index contributed by atoms with van der Waals surface area (Å²) in [5.74, 6) is 0. The largest absolute Gasteiger partial charge is 0.367 e. The van der Waals surface area contributed by atoms with Gasteiger partial charge >= 0.3 is 0 Å². The van der Waals surface area contributed by atoms with Gasteiger partial charge in [-0.1, -0.05) is 0 Å². The van der Waals surface area contributed by atoms with Gasteiger partial charge < -0.3 is 4.90 Å². The molecule has 0 spiro atoms. The lowest BCUT2D eigenvalue weighted by atomic mass is 9.97. The van der Waals surface area contributed by atoms with Gasteiger partial charge in [-0.2, -0.15) is 9.78 Å². The fraction of sp³-hybridized carbons (Fsp3) is 0.462. The first-order valence-electron chi connectivity index (χ1n) is 6.39. The molecule has 0 bridgehead atoms. The smallest absolute Gasteiger partial charge is 0.283 e. The molecule has 19 heavy (non-hydrogen) atoms. The van der Waals surface area contributed by atoms with Crippen molar-refractivity contribution in [3.8, 4) is 0 Å². The first-order chi connectivity index (χ1) is 9.16. The van der Waals surface area contributed by atoms with E-state index in [1.807, 2.05) is 14.1 Å². The van der Waals surface area contributed by atoms with Gasteiger partial charge in [0.05, 0.1) is 5.39 Å². The van der Waals surface area contributed by atoms with Crippen LogP contribution in [0.25, 0.3) is 10.2 Å². The molecule has 0 amide bonds. The number of rotatable bonds is 2. The third-order valence-corrected chi connectivity index (χ3v) is 4.47. The molecule has 6 heteroatoms. The van der Waals surface area contributed by atoms with Crippen molar-refractivity contribution in [3.05, 3.63) is 27.1 Å². The summed E-state index contributed by atoms with van der Waals surface area (Å²) in [6.07, 6.45) is 7.56. The monoisotopic (exact) mass is 276 g/mol. The Kier molecular flexibility index (Phi) is 3.10. The lowest BCUT2D eigenvalue weighted by molar-refractivity contribution is 0.629. The Morgan fingerprint density at radius 2 is 2.21 bits per heavy atom.